The van der Waals surface area contributed by atoms with Crippen molar-refractivity contribution in [2.24, 2.45) is 5.92 Å². The van der Waals surface area contributed by atoms with Gasteiger partial charge in [0.15, 0.2) is 0 Å². The fourth-order valence-electron chi connectivity index (χ4n) is 2.24. The molecule has 0 aromatic heterocycles. The maximum atomic E-state index is 11.7. The minimum atomic E-state index is 0.0643. The topological polar surface area (TPSA) is 53.3 Å². The maximum absolute atomic E-state index is 11.7. The molecule has 0 spiro atoms. The second-order valence-corrected chi connectivity index (χ2v) is 5.23. The zero-order valence-corrected chi connectivity index (χ0v) is 11.5. The van der Waals surface area contributed by atoms with Crippen LogP contribution in [0.15, 0.2) is 0 Å². The molecule has 1 aliphatic rings. The van der Waals surface area contributed by atoms with E-state index in [0.29, 0.717) is 32.1 Å². The van der Waals surface area contributed by atoms with Crippen LogP contribution in [0.1, 0.15) is 45.4 Å². The van der Waals surface area contributed by atoms with Crippen LogP contribution < -0.4 is 0 Å². The summed E-state index contributed by atoms with van der Waals surface area (Å²) in [6, 6.07) is 2.04. The van der Waals surface area contributed by atoms with E-state index in [2.05, 4.69) is 6.92 Å². The monoisotopic (exact) mass is 252 g/mol. The molecule has 1 rings (SSSR count). The summed E-state index contributed by atoms with van der Waals surface area (Å²) >= 11 is 0. The fourth-order valence-corrected chi connectivity index (χ4v) is 2.24. The molecule has 0 aliphatic heterocycles. The molecule has 0 atom stereocenters. The van der Waals surface area contributed by atoms with E-state index >= 15 is 0 Å². The van der Waals surface area contributed by atoms with Crippen molar-refractivity contribution < 1.29 is 9.53 Å². The van der Waals surface area contributed by atoms with Crippen LogP contribution in [0.25, 0.3) is 0 Å². The molecule has 1 aliphatic carbocycles. The smallest absolute Gasteiger partial charge is 0.224 e. The highest BCUT2D eigenvalue weighted by molar-refractivity contribution is 5.75. The van der Waals surface area contributed by atoms with Crippen LogP contribution in [0.2, 0.25) is 0 Å². The van der Waals surface area contributed by atoms with E-state index in [1.807, 2.05) is 6.07 Å². The van der Waals surface area contributed by atoms with Crippen molar-refractivity contribution in [1.82, 2.24) is 4.90 Å². The predicted molar refractivity (Wildman–Crippen MR) is 69.9 cm³/mol. The van der Waals surface area contributed by atoms with Crippen LogP contribution in [0.3, 0.4) is 0 Å². The summed E-state index contributed by atoms with van der Waals surface area (Å²) in [6.45, 7) is 3.30. The summed E-state index contributed by atoms with van der Waals surface area (Å²) in [5.74, 6) is 0.887. The first-order valence-electron chi connectivity index (χ1n) is 6.86. The lowest BCUT2D eigenvalue weighted by atomic mass is 9.89. The van der Waals surface area contributed by atoms with Crippen molar-refractivity contribution in [3.8, 4) is 6.07 Å². The number of hydrogen-bond donors (Lipinski definition) is 0. The van der Waals surface area contributed by atoms with Crippen LogP contribution in [0.4, 0.5) is 0 Å². The van der Waals surface area contributed by atoms with Crippen molar-refractivity contribution in [2.75, 3.05) is 20.2 Å². The van der Waals surface area contributed by atoms with Gasteiger partial charge in [-0.3, -0.25) is 4.79 Å². The zero-order valence-electron chi connectivity index (χ0n) is 11.5. The predicted octanol–water partition coefficient (Wildman–Crippen LogP) is 2.34. The quantitative estimate of drug-likeness (QED) is 0.729. The van der Waals surface area contributed by atoms with Gasteiger partial charge in [0.1, 0.15) is 0 Å². The first-order valence-corrected chi connectivity index (χ1v) is 6.86. The fraction of sp³-hybridized carbons (Fsp3) is 0.857. The van der Waals surface area contributed by atoms with Gasteiger partial charge < -0.3 is 9.64 Å². The van der Waals surface area contributed by atoms with Gasteiger partial charge in [-0.15, -0.1) is 0 Å². The molecule has 0 radical (unpaired) electrons. The molecule has 1 fully saturated rings. The van der Waals surface area contributed by atoms with Crippen molar-refractivity contribution in [2.45, 2.75) is 51.6 Å². The second kappa shape index (κ2) is 8.10. The molecule has 0 aromatic carbocycles. The summed E-state index contributed by atoms with van der Waals surface area (Å²) in [6.07, 6.45) is 5.89. The molecule has 0 aromatic rings. The average molecular weight is 252 g/mol. The highest BCUT2D eigenvalue weighted by Crippen LogP contribution is 2.25. The van der Waals surface area contributed by atoms with E-state index in [9.17, 15) is 4.79 Å². The Morgan fingerprint density at radius 1 is 1.39 bits per heavy atom. The van der Waals surface area contributed by atoms with Crippen LogP contribution in [-0.4, -0.2) is 37.1 Å². The molecule has 0 bridgehead atoms. The van der Waals surface area contributed by atoms with E-state index in [1.165, 1.54) is 12.8 Å². The Morgan fingerprint density at radius 3 is 2.67 bits per heavy atom. The summed E-state index contributed by atoms with van der Waals surface area (Å²) in [7, 11) is 1.74. The number of ether oxygens (including phenoxy) is 1. The molecule has 0 saturated heterocycles. The van der Waals surface area contributed by atoms with Gasteiger partial charge in [-0.1, -0.05) is 6.92 Å². The Kier molecular flexibility index (Phi) is 6.74. The summed E-state index contributed by atoms with van der Waals surface area (Å²) in [5, 5.41) is 8.45. The van der Waals surface area contributed by atoms with Gasteiger partial charge in [0.25, 0.3) is 0 Å². The van der Waals surface area contributed by atoms with E-state index in [1.54, 1.807) is 11.9 Å². The molecule has 18 heavy (non-hydrogen) atoms. The molecule has 1 amide bonds. The third-order valence-corrected chi connectivity index (χ3v) is 3.62. The van der Waals surface area contributed by atoms with Crippen molar-refractivity contribution in [3.05, 3.63) is 0 Å². The molecule has 4 heteroatoms. The minimum absolute atomic E-state index is 0.0643. The largest absolute Gasteiger partial charge is 0.378 e. The average Bonchev–Trinajstić information content (AvgIpc) is 2.38. The molecular formula is C14H24N2O2. The van der Waals surface area contributed by atoms with Gasteiger partial charge in [-0.05, 0) is 31.6 Å². The standard InChI is InChI=1S/C14H24N2O2/c1-12-4-6-13(7-5-12)18-11-8-14(17)16(2)10-3-9-15/h12-13H,3-8,10-11H2,1-2H3. The van der Waals surface area contributed by atoms with E-state index in [0.717, 1.165) is 18.8 Å². The third-order valence-electron chi connectivity index (χ3n) is 3.62. The second-order valence-electron chi connectivity index (χ2n) is 5.23. The van der Waals surface area contributed by atoms with Crippen LogP contribution in [-0.2, 0) is 9.53 Å². The minimum Gasteiger partial charge on any atom is -0.378 e. The maximum Gasteiger partial charge on any atom is 0.224 e. The van der Waals surface area contributed by atoms with E-state index in [-0.39, 0.29) is 5.91 Å². The lowest BCUT2D eigenvalue weighted by Crippen LogP contribution is -2.29. The molecule has 4 nitrogen and oxygen atoms in total. The van der Waals surface area contributed by atoms with Crippen molar-refractivity contribution in [3.63, 3.8) is 0 Å². The molecular weight excluding hydrogens is 228 g/mol. The van der Waals surface area contributed by atoms with Crippen LogP contribution >= 0.6 is 0 Å². The SMILES string of the molecule is CC1CCC(OCCC(=O)N(C)CCC#N)CC1. The molecule has 102 valence electrons. The summed E-state index contributed by atoms with van der Waals surface area (Å²) < 4.78 is 5.74. The summed E-state index contributed by atoms with van der Waals surface area (Å²) in [5.41, 5.74) is 0. The Labute approximate surface area is 110 Å². The molecule has 0 unspecified atom stereocenters. The van der Waals surface area contributed by atoms with Gasteiger partial charge in [0.05, 0.1) is 31.6 Å². The first-order chi connectivity index (χ1) is 8.63. The first kappa shape index (κ1) is 15.0. The van der Waals surface area contributed by atoms with Gasteiger partial charge in [0, 0.05) is 13.6 Å². The highest BCUT2D eigenvalue weighted by atomic mass is 16.5. The number of carbonyl (C=O) groups is 1. The van der Waals surface area contributed by atoms with Crippen molar-refractivity contribution in [1.29, 1.82) is 5.26 Å². The number of nitriles is 1. The lowest BCUT2D eigenvalue weighted by Gasteiger charge is -2.26. The lowest BCUT2D eigenvalue weighted by molar-refractivity contribution is -0.131. The zero-order chi connectivity index (χ0) is 13.4. The Balaban J connectivity index is 2.10. The summed E-state index contributed by atoms with van der Waals surface area (Å²) in [4.78, 5) is 13.3. The Morgan fingerprint density at radius 2 is 2.06 bits per heavy atom. The van der Waals surface area contributed by atoms with Gasteiger partial charge in [-0.25, -0.2) is 0 Å². The van der Waals surface area contributed by atoms with E-state index in [4.69, 9.17) is 10.00 Å². The normalized spacial score (nSPS) is 23.4. The van der Waals surface area contributed by atoms with Crippen LogP contribution in [0, 0.1) is 17.2 Å². The van der Waals surface area contributed by atoms with Gasteiger partial charge in [0.2, 0.25) is 5.91 Å². The molecule has 0 heterocycles. The van der Waals surface area contributed by atoms with Crippen LogP contribution in [0.5, 0.6) is 0 Å². The number of amides is 1. The van der Waals surface area contributed by atoms with Gasteiger partial charge >= 0.3 is 0 Å². The number of hydrogen-bond acceptors (Lipinski definition) is 3. The molecule has 0 N–H and O–H groups in total. The number of carbonyl (C=O) groups excluding carboxylic acids is 1. The molecule has 1 saturated carbocycles. The van der Waals surface area contributed by atoms with Gasteiger partial charge in [-0.2, -0.15) is 5.26 Å². The third kappa shape index (κ3) is 5.50. The van der Waals surface area contributed by atoms with E-state index < -0.39 is 0 Å². The number of nitrogens with zero attached hydrogens (tertiary/aromatic N) is 2. The Hall–Kier alpha value is -1.08. The highest BCUT2D eigenvalue weighted by Gasteiger charge is 2.19. The Bertz CT molecular complexity index is 291. The number of rotatable bonds is 6. The van der Waals surface area contributed by atoms with Crippen molar-refractivity contribution >= 4 is 5.91 Å².